The number of aliphatic imine (C=N–C) groups is 2. The Labute approximate surface area is 233 Å². The average molecular weight is 564 g/mol. The topological polar surface area (TPSA) is 126 Å². The fourth-order valence-electron chi connectivity index (χ4n) is 5.03. The van der Waals surface area contributed by atoms with E-state index in [0.717, 1.165) is 40.0 Å². The minimum absolute atomic E-state index is 0.00640. The van der Waals surface area contributed by atoms with Gasteiger partial charge in [-0.3, -0.25) is 10.00 Å². The number of aromatic nitrogens is 4. The number of nitrogens with zero attached hydrogens (tertiary/aromatic N) is 6. The Morgan fingerprint density at radius 1 is 1.15 bits per heavy atom. The molecule has 1 fully saturated rings. The molecule has 3 N–H and O–H groups in total. The molecule has 0 aromatic carbocycles. The van der Waals surface area contributed by atoms with Crippen LogP contribution in [0.5, 0.6) is 0 Å². The van der Waals surface area contributed by atoms with Crippen molar-refractivity contribution in [1.82, 2.24) is 30.6 Å². The number of hydrogen-bond donors (Lipinski definition) is 3. The first-order valence-corrected chi connectivity index (χ1v) is 13.9. The van der Waals surface area contributed by atoms with Crippen LogP contribution in [0, 0.1) is 0 Å². The first kappa shape index (κ1) is 24.3. The number of hydrogen-bond acceptors (Lipinski definition) is 11. The van der Waals surface area contributed by atoms with Gasteiger partial charge in [-0.05, 0) is 25.8 Å². The van der Waals surface area contributed by atoms with E-state index < -0.39 is 6.04 Å². The van der Waals surface area contributed by atoms with Crippen LogP contribution in [0.1, 0.15) is 42.4 Å². The zero-order valence-electron chi connectivity index (χ0n) is 21.2. The van der Waals surface area contributed by atoms with Gasteiger partial charge in [0.2, 0.25) is 11.1 Å². The highest BCUT2D eigenvalue weighted by Crippen LogP contribution is 2.43. The molecule has 3 aliphatic heterocycles. The van der Waals surface area contributed by atoms with Gasteiger partial charge in [0, 0.05) is 30.4 Å². The van der Waals surface area contributed by atoms with E-state index in [0.29, 0.717) is 22.7 Å². The van der Waals surface area contributed by atoms with Crippen molar-refractivity contribution >= 4 is 40.1 Å². The molecule has 0 saturated carbocycles. The number of anilines is 1. The van der Waals surface area contributed by atoms with Crippen LogP contribution in [0.15, 0.2) is 75.7 Å². The van der Waals surface area contributed by atoms with Crippen molar-refractivity contribution in [3.63, 3.8) is 0 Å². The molecule has 0 radical (unpaired) electrons. The van der Waals surface area contributed by atoms with Gasteiger partial charge in [-0.1, -0.05) is 59.4 Å². The molecule has 5 aliphatic rings. The number of epoxide rings is 1. The zero-order valence-corrected chi connectivity index (χ0v) is 22.8. The van der Waals surface area contributed by atoms with Gasteiger partial charge < -0.3 is 20.1 Å². The van der Waals surface area contributed by atoms with E-state index in [-0.39, 0.29) is 24.3 Å². The van der Waals surface area contributed by atoms with Crippen molar-refractivity contribution in [3.05, 3.63) is 81.5 Å². The van der Waals surface area contributed by atoms with Crippen LogP contribution >= 0.6 is 22.9 Å². The lowest BCUT2D eigenvalue weighted by atomic mass is 9.97. The summed E-state index contributed by atoms with van der Waals surface area (Å²) < 4.78 is 13.7. The SMILES string of the molecule is CC1=C(C2OC2Nc2nnc(C3C=CC=CC3)s2)C(c2nn(C)cc2Cl)N=C(NC2=NC3CC=CC=C3O2)N1. The van der Waals surface area contributed by atoms with Gasteiger partial charge in [0.05, 0.1) is 5.02 Å². The predicted octanol–water partition coefficient (Wildman–Crippen LogP) is 3.82. The predicted molar refractivity (Wildman–Crippen MR) is 149 cm³/mol. The number of halogens is 1. The van der Waals surface area contributed by atoms with Gasteiger partial charge in [0.15, 0.2) is 6.23 Å². The molecule has 13 heteroatoms. The minimum atomic E-state index is -0.464. The molecular formula is C26H26ClN9O2S. The van der Waals surface area contributed by atoms with E-state index in [9.17, 15) is 0 Å². The molecule has 200 valence electrons. The highest BCUT2D eigenvalue weighted by molar-refractivity contribution is 7.15. The number of aryl methyl sites for hydroxylation is 1. The lowest BCUT2D eigenvalue weighted by molar-refractivity contribution is 0.390. The molecule has 39 heavy (non-hydrogen) atoms. The van der Waals surface area contributed by atoms with Crippen LogP contribution in [0.3, 0.4) is 0 Å². The fourth-order valence-corrected chi connectivity index (χ4v) is 6.18. The number of ether oxygens (including phenoxy) is 2. The van der Waals surface area contributed by atoms with Crippen LogP contribution in [-0.2, 0) is 16.5 Å². The molecule has 2 aromatic heterocycles. The summed E-state index contributed by atoms with van der Waals surface area (Å²) in [5.74, 6) is 1.58. The molecule has 0 spiro atoms. The lowest BCUT2D eigenvalue weighted by Crippen LogP contribution is -2.43. The number of amidine groups is 1. The maximum atomic E-state index is 6.60. The van der Waals surface area contributed by atoms with Crippen LogP contribution in [-0.4, -0.2) is 50.3 Å². The Hall–Kier alpha value is -3.74. The Balaban J connectivity index is 1.10. The monoisotopic (exact) mass is 563 g/mol. The van der Waals surface area contributed by atoms with Crippen LogP contribution < -0.4 is 16.0 Å². The van der Waals surface area contributed by atoms with E-state index in [1.807, 2.05) is 32.2 Å². The van der Waals surface area contributed by atoms with E-state index in [1.165, 1.54) is 0 Å². The third-order valence-electron chi connectivity index (χ3n) is 6.96. The van der Waals surface area contributed by atoms with Crippen molar-refractivity contribution in [3.8, 4) is 0 Å². The molecule has 1 saturated heterocycles. The second-order valence-electron chi connectivity index (χ2n) is 9.75. The van der Waals surface area contributed by atoms with Crippen LogP contribution in [0.2, 0.25) is 5.02 Å². The summed E-state index contributed by atoms with van der Waals surface area (Å²) in [4.78, 5) is 9.58. The van der Waals surface area contributed by atoms with Gasteiger partial charge in [0.25, 0.3) is 6.02 Å². The Morgan fingerprint density at radius 2 is 2.05 bits per heavy atom. The highest BCUT2D eigenvalue weighted by atomic mass is 35.5. The van der Waals surface area contributed by atoms with Crippen molar-refractivity contribution in [2.24, 2.45) is 17.0 Å². The smallest absolute Gasteiger partial charge is 0.297 e. The summed E-state index contributed by atoms with van der Waals surface area (Å²) in [6.07, 6.45) is 17.4. The Kier molecular flexibility index (Phi) is 6.09. The molecule has 5 atom stereocenters. The second kappa shape index (κ2) is 9.78. The van der Waals surface area contributed by atoms with E-state index in [2.05, 4.69) is 60.5 Å². The molecular weight excluding hydrogens is 538 g/mol. The average Bonchev–Trinajstić information content (AvgIpc) is 3.22. The quantitative estimate of drug-likeness (QED) is 0.469. The number of guanidine groups is 1. The summed E-state index contributed by atoms with van der Waals surface area (Å²) in [5, 5.41) is 25.5. The zero-order chi connectivity index (χ0) is 26.5. The molecule has 2 aliphatic carbocycles. The number of nitrogens with one attached hydrogen (secondary N) is 3. The Bertz CT molecular complexity index is 1530. The van der Waals surface area contributed by atoms with Gasteiger partial charge in [0.1, 0.15) is 34.6 Å². The van der Waals surface area contributed by atoms with Crippen molar-refractivity contribution in [2.45, 2.75) is 50.1 Å². The molecule has 5 heterocycles. The third-order valence-corrected chi connectivity index (χ3v) is 8.24. The minimum Gasteiger partial charge on any atom is -0.428 e. The summed E-state index contributed by atoms with van der Waals surface area (Å²) in [6.45, 7) is 1.99. The summed E-state index contributed by atoms with van der Waals surface area (Å²) >= 11 is 8.14. The summed E-state index contributed by atoms with van der Waals surface area (Å²) in [6, 6.07) is -0.0671. The number of allylic oxidation sites excluding steroid dienone is 7. The van der Waals surface area contributed by atoms with Gasteiger partial charge in [-0.2, -0.15) is 5.10 Å². The molecule has 11 nitrogen and oxygen atoms in total. The first-order valence-electron chi connectivity index (χ1n) is 12.7. The molecule has 0 bridgehead atoms. The normalized spacial score (nSPS) is 28.8. The van der Waals surface area contributed by atoms with E-state index >= 15 is 0 Å². The first-order chi connectivity index (χ1) is 19.0. The standard InChI is InChI=1S/C26H26ClN9O2S/c1-13-18(21-22(38-21)31-26-34-33-23(39-26)14-8-4-3-5-9-14)20(19-15(27)12-36(2)35-19)30-24(28-13)32-25-29-16-10-6-7-11-17(16)37-25/h3-8,11-12,14,16,20-22H,9-10H2,1-2H3,(H,31,34)(H2,28,29,30,32). The summed E-state index contributed by atoms with van der Waals surface area (Å²) in [5.41, 5.74) is 2.48. The largest absolute Gasteiger partial charge is 0.428 e. The summed E-state index contributed by atoms with van der Waals surface area (Å²) in [7, 11) is 1.84. The van der Waals surface area contributed by atoms with Gasteiger partial charge in [-0.15, -0.1) is 10.2 Å². The highest BCUT2D eigenvalue weighted by Gasteiger charge is 2.48. The molecule has 2 aromatic rings. The number of fused-ring (bicyclic) bond motifs is 1. The maximum Gasteiger partial charge on any atom is 0.297 e. The van der Waals surface area contributed by atoms with Crippen molar-refractivity contribution in [1.29, 1.82) is 0 Å². The molecule has 5 unspecified atom stereocenters. The van der Waals surface area contributed by atoms with Gasteiger partial charge in [-0.25, -0.2) is 9.98 Å². The second-order valence-corrected chi connectivity index (χ2v) is 11.2. The van der Waals surface area contributed by atoms with Crippen LogP contribution in [0.4, 0.5) is 5.13 Å². The van der Waals surface area contributed by atoms with Gasteiger partial charge >= 0.3 is 0 Å². The maximum absolute atomic E-state index is 6.60. The lowest BCUT2D eigenvalue weighted by Gasteiger charge is -2.25. The third kappa shape index (κ3) is 4.79. The van der Waals surface area contributed by atoms with E-state index in [1.54, 1.807) is 22.2 Å². The fraction of sp³-hybridized carbons (Fsp3) is 0.346. The van der Waals surface area contributed by atoms with Crippen LogP contribution in [0.25, 0.3) is 0 Å². The Morgan fingerprint density at radius 3 is 2.85 bits per heavy atom. The number of rotatable bonds is 5. The molecule has 0 amide bonds. The van der Waals surface area contributed by atoms with Crippen molar-refractivity contribution in [2.75, 3.05) is 5.32 Å². The molecule has 7 rings (SSSR count). The van der Waals surface area contributed by atoms with Crippen molar-refractivity contribution < 1.29 is 9.47 Å². The van der Waals surface area contributed by atoms with E-state index in [4.69, 9.17) is 26.1 Å².